The maximum absolute atomic E-state index is 14.1. The first-order chi connectivity index (χ1) is 16.4. The van der Waals surface area contributed by atoms with E-state index in [0.29, 0.717) is 40.1 Å². The molecule has 2 heterocycles. The Morgan fingerprint density at radius 3 is 2.62 bits per heavy atom. The highest BCUT2D eigenvalue weighted by atomic mass is 35.5. The van der Waals surface area contributed by atoms with Gasteiger partial charge in [0.05, 0.1) is 18.8 Å². The van der Waals surface area contributed by atoms with Gasteiger partial charge in [-0.15, -0.1) is 0 Å². The Bertz CT molecular complexity index is 1310. The summed E-state index contributed by atoms with van der Waals surface area (Å²) in [7, 11) is 0. The number of aryl methyl sites for hydroxylation is 1. The number of nitrogens with one attached hydrogen (secondary N) is 1. The van der Waals surface area contributed by atoms with Gasteiger partial charge in [0.1, 0.15) is 23.9 Å². The molecular weight excluding hydrogens is 478 g/mol. The Morgan fingerprint density at radius 2 is 1.85 bits per heavy atom. The van der Waals surface area contributed by atoms with Crippen LogP contribution in [0.5, 0.6) is 5.75 Å². The van der Waals surface area contributed by atoms with Crippen LogP contribution in [-0.4, -0.2) is 20.7 Å². The molecule has 2 aromatic carbocycles. The lowest BCUT2D eigenvalue weighted by molar-refractivity contribution is 0.0944. The molecule has 1 amide bonds. The van der Waals surface area contributed by atoms with Gasteiger partial charge in [-0.2, -0.15) is 5.10 Å². The third-order valence-corrected chi connectivity index (χ3v) is 5.58. The van der Waals surface area contributed by atoms with Crippen LogP contribution in [0.4, 0.5) is 4.39 Å². The second-order valence-corrected chi connectivity index (χ2v) is 8.48. The summed E-state index contributed by atoms with van der Waals surface area (Å²) in [4.78, 5) is 16.8. The van der Waals surface area contributed by atoms with Crippen LogP contribution >= 0.6 is 23.2 Å². The number of carbonyl (C=O) groups is 1. The Kier molecular flexibility index (Phi) is 7.45. The van der Waals surface area contributed by atoms with Crippen LogP contribution in [0.1, 0.15) is 33.0 Å². The molecule has 0 fully saturated rings. The third-order valence-electron chi connectivity index (χ3n) is 5.11. The number of halogens is 3. The van der Waals surface area contributed by atoms with Gasteiger partial charge in [0.25, 0.3) is 5.91 Å². The van der Waals surface area contributed by atoms with E-state index in [9.17, 15) is 9.18 Å². The normalized spacial score (nSPS) is 10.8. The molecule has 4 aromatic rings. The van der Waals surface area contributed by atoms with Gasteiger partial charge in [0, 0.05) is 33.1 Å². The average Bonchev–Trinajstić information content (AvgIpc) is 3.19. The molecule has 174 valence electrons. The van der Waals surface area contributed by atoms with Crippen molar-refractivity contribution in [3.8, 4) is 5.75 Å². The predicted molar refractivity (Wildman–Crippen MR) is 129 cm³/mol. The molecule has 0 saturated carbocycles. The van der Waals surface area contributed by atoms with Crippen molar-refractivity contribution in [2.75, 3.05) is 0 Å². The maximum Gasteiger partial charge on any atom is 0.272 e. The number of amides is 1. The van der Waals surface area contributed by atoms with Crippen molar-refractivity contribution in [3.05, 3.63) is 111 Å². The summed E-state index contributed by atoms with van der Waals surface area (Å²) in [5, 5.41) is 8.11. The van der Waals surface area contributed by atoms with Crippen LogP contribution in [-0.2, 0) is 19.7 Å². The van der Waals surface area contributed by atoms with Gasteiger partial charge in [-0.05, 0) is 55.5 Å². The molecule has 2 aromatic heterocycles. The summed E-state index contributed by atoms with van der Waals surface area (Å²) < 4.78 is 21.7. The number of hydrogen-bond acceptors (Lipinski definition) is 4. The molecule has 0 unspecified atom stereocenters. The van der Waals surface area contributed by atoms with Crippen molar-refractivity contribution < 1.29 is 13.9 Å². The number of aromatic nitrogens is 3. The lowest BCUT2D eigenvalue weighted by Crippen LogP contribution is -2.24. The summed E-state index contributed by atoms with van der Waals surface area (Å²) in [6.45, 7) is 2.51. The summed E-state index contributed by atoms with van der Waals surface area (Å²) in [6.07, 6.45) is 1.67. The number of ether oxygens (including phenoxy) is 1. The van der Waals surface area contributed by atoms with Crippen LogP contribution in [0.2, 0.25) is 10.0 Å². The number of nitrogens with zero attached hydrogens (tertiary/aromatic N) is 3. The fourth-order valence-corrected chi connectivity index (χ4v) is 3.67. The summed E-state index contributed by atoms with van der Waals surface area (Å²) in [5.41, 5.74) is 2.96. The summed E-state index contributed by atoms with van der Waals surface area (Å²) >= 11 is 12.0. The minimum atomic E-state index is -0.438. The first-order valence-electron chi connectivity index (χ1n) is 10.5. The highest BCUT2D eigenvalue weighted by Crippen LogP contribution is 2.26. The Hall–Kier alpha value is -3.42. The molecule has 6 nitrogen and oxygen atoms in total. The molecule has 0 saturated heterocycles. The van der Waals surface area contributed by atoms with E-state index in [4.69, 9.17) is 27.9 Å². The van der Waals surface area contributed by atoms with Crippen LogP contribution in [0.3, 0.4) is 0 Å². The average molecular weight is 499 g/mol. The van der Waals surface area contributed by atoms with Gasteiger partial charge in [-0.1, -0.05) is 35.3 Å². The fraction of sp³-hybridized carbons (Fsp3) is 0.160. The second-order valence-electron chi connectivity index (χ2n) is 7.61. The molecule has 0 aliphatic carbocycles. The number of pyridine rings is 1. The minimum absolute atomic E-state index is 0.0247. The molecule has 9 heteroatoms. The number of carbonyl (C=O) groups excluding carboxylic acids is 1. The lowest BCUT2D eigenvalue weighted by Gasteiger charge is -2.13. The van der Waals surface area contributed by atoms with Crippen molar-refractivity contribution in [2.45, 2.75) is 26.6 Å². The monoisotopic (exact) mass is 498 g/mol. The summed E-state index contributed by atoms with van der Waals surface area (Å²) in [5.74, 6) is -0.199. The first-order valence-corrected chi connectivity index (χ1v) is 11.2. The lowest BCUT2D eigenvalue weighted by atomic mass is 10.2. The summed E-state index contributed by atoms with van der Waals surface area (Å²) in [6, 6.07) is 16.8. The van der Waals surface area contributed by atoms with Gasteiger partial charge in [0.15, 0.2) is 0 Å². The minimum Gasteiger partial charge on any atom is -0.488 e. The molecule has 34 heavy (non-hydrogen) atoms. The van der Waals surface area contributed by atoms with Crippen LogP contribution in [0.25, 0.3) is 0 Å². The second kappa shape index (κ2) is 10.7. The SMILES string of the molecule is Cc1cc(C(=O)NCc2ccccn2)nn1Cc1cc(Cl)ccc1OCc1ccc(Cl)cc1F. The topological polar surface area (TPSA) is 69.0 Å². The number of rotatable bonds is 8. The zero-order chi connectivity index (χ0) is 24.1. The van der Waals surface area contributed by atoms with Crippen molar-refractivity contribution in [2.24, 2.45) is 0 Å². The largest absolute Gasteiger partial charge is 0.488 e. The molecule has 0 aliphatic rings. The standard InChI is InChI=1S/C25H21Cl2FN4O2/c1-16-10-23(25(33)30-13-21-4-2-3-9-29-21)31-32(16)14-18-11-19(26)7-8-24(18)34-15-17-5-6-20(27)12-22(17)28/h2-12H,13-15H2,1H3,(H,30,33). The van der Waals surface area contributed by atoms with Crippen LogP contribution in [0.15, 0.2) is 66.9 Å². The van der Waals surface area contributed by atoms with Gasteiger partial charge in [-0.3, -0.25) is 14.5 Å². The highest BCUT2D eigenvalue weighted by Gasteiger charge is 2.15. The number of hydrogen-bond donors (Lipinski definition) is 1. The fourth-order valence-electron chi connectivity index (χ4n) is 3.31. The van der Waals surface area contributed by atoms with Gasteiger partial charge >= 0.3 is 0 Å². The first kappa shape index (κ1) is 23.7. The molecule has 4 rings (SSSR count). The quantitative estimate of drug-likeness (QED) is 0.343. The van der Waals surface area contributed by atoms with E-state index in [1.54, 1.807) is 47.3 Å². The highest BCUT2D eigenvalue weighted by molar-refractivity contribution is 6.30. The Labute approximate surface area is 206 Å². The van der Waals surface area contributed by atoms with E-state index in [1.165, 1.54) is 6.07 Å². The Balaban J connectivity index is 1.47. The van der Waals surface area contributed by atoms with E-state index in [0.717, 1.165) is 17.0 Å². The number of benzene rings is 2. The van der Waals surface area contributed by atoms with Gasteiger partial charge < -0.3 is 10.1 Å². The molecule has 0 spiro atoms. The van der Waals surface area contributed by atoms with Crippen molar-refractivity contribution in [1.29, 1.82) is 0 Å². The smallest absolute Gasteiger partial charge is 0.272 e. The maximum atomic E-state index is 14.1. The molecule has 1 N–H and O–H groups in total. The molecular formula is C25H21Cl2FN4O2. The molecule has 0 bridgehead atoms. The van der Waals surface area contributed by atoms with E-state index in [1.807, 2.05) is 25.1 Å². The molecule has 0 atom stereocenters. The Morgan fingerprint density at radius 1 is 1.06 bits per heavy atom. The predicted octanol–water partition coefficient (Wildman–Crippen LogP) is 5.59. The van der Waals surface area contributed by atoms with Crippen molar-refractivity contribution in [1.82, 2.24) is 20.1 Å². The van der Waals surface area contributed by atoms with E-state index in [2.05, 4.69) is 15.4 Å². The third kappa shape index (κ3) is 5.92. The zero-order valence-corrected chi connectivity index (χ0v) is 19.8. The van der Waals surface area contributed by atoms with E-state index >= 15 is 0 Å². The van der Waals surface area contributed by atoms with Crippen LogP contribution in [0, 0.1) is 12.7 Å². The van der Waals surface area contributed by atoms with Crippen molar-refractivity contribution in [3.63, 3.8) is 0 Å². The molecule has 0 aliphatic heterocycles. The van der Waals surface area contributed by atoms with Crippen LogP contribution < -0.4 is 10.1 Å². The van der Waals surface area contributed by atoms with Crippen molar-refractivity contribution >= 4 is 29.1 Å². The van der Waals surface area contributed by atoms with E-state index in [-0.39, 0.29) is 12.5 Å². The van der Waals surface area contributed by atoms with Gasteiger partial charge in [-0.25, -0.2) is 4.39 Å². The zero-order valence-electron chi connectivity index (χ0n) is 18.3. The molecule has 0 radical (unpaired) electrons. The van der Waals surface area contributed by atoms with Gasteiger partial charge in [0.2, 0.25) is 0 Å². The van der Waals surface area contributed by atoms with E-state index < -0.39 is 5.82 Å².